The number of aliphatic imine (C=N–C) groups is 1. The molecule has 3 aliphatic rings. The van der Waals surface area contributed by atoms with Crippen LogP contribution in [0.2, 0.25) is 0 Å². The minimum Gasteiger partial charge on any atom is -0.460 e. The van der Waals surface area contributed by atoms with Crippen molar-refractivity contribution in [3.05, 3.63) is 45.9 Å². The lowest BCUT2D eigenvalue weighted by molar-refractivity contribution is -0.155. The van der Waals surface area contributed by atoms with E-state index in [1.54, 1.807) is 0 Å². The van der Waals surface area contributed by atoms with Crippen LogP contribution in [-0.4, -0.2) is 45.6 Å². The highest BCUT2D eigenvalue weighted by Crippen LogP contribution is 2.48. The highest BCUT2D eigenvalue weighted by molar-refractivity contribution is 8.03. The molecule has 31 heavy (non-hydrogen) atoms. The fourth-order valence-corrected chi connectivity index (χ4v) is 5.99. The van der Waals surface area contributed by atoms with Gasteiger partial charge in [0.15, 0.2) is 0 Å². The fraction of sp³-hybridized carbons (Fsp3) is 0.542. The number of hydrogen-bond donors (Lipinski definition) is 1. The van der Waals surface area contributed by atoms with Gasteiger partial charge in [-0.2, -0.15) is 5.10 Å². The first kappa shape index (κ1) is 21.9. The van der Waals surface area contributed by atoms with Gasteiger partial charge in [-0.15, -0.1) is 11.8 Å². The topological polar surface area (TPSA) is 66.3 Å². The molecule has 3 unspecified atom stereocenters. The quantitative estimate of drug-likeness (QED) is 0.704. The average Bonchev–Trinajstić information content (AvgIpc) is 3.14. The molecule has 1 aromatic carbocycles. The van der Waals surface area contributed by atoms with Crippen molar-refractivity contribution in [3.8, 4) is 0 Å². The Kier molecular flexibility index (Phi) is 5.66. The van der Waals surface area contributed by atoms with Crippen molar-refractivity contribution < 1.29 is 9.53 Å². The van der Waals surface area contributed by atoms with Gasteiger partial charge in [-0.3, -0.25) is 15.2 Å². The monoisotopic (exact) mass is 440 g/mol. The third kappa shape index (κ3) is 4.25. The fourth-order valence-electron chi connectivity index (χ4n) is 4.45. The molecule has 3 aliphatic heterocycles. The molecule has 0 amide bonds. The van der Waals surface area contributed by atoms with Gasteiger partial charge in [-0.05, 0) is 58.9 Å². The van der Waals surface area contributed by atoms with E-state index in [1.807, 2.05) is 39.5 Å². The molecule has 0 saturated carbocycles. The van der Waals surface area contributed by atoms with Crippen LogP contribution in [0.3, 0.4) is 0 Å². The maximum Gasteiger partial charge on any atom is 0.308 e. The maximum atomic E-state index is 12.8. The molecule has 0 aromatic heterocycles. The number of amidine groups is 1. The third-order valence-corrected chi connectivity index (χ3v) is 7.43. The SMILES string of the molecule is CC1=NNC2[C@H](CC(=O)OC(C)(C)C)N=C(c3ccc(C)cc3)C3C(C)=C(C)SC3N12. The van der Waals surface area contributed by atoms with Gasteiger partial charge in [0.25, 0.3) is 0 Å². The number of allylic oxidation sites excluding steroid dienone is 1. The van der Waals surface area contributed by atoms with Crippen molar-refractivity contribution in [2.75, 3.05) is 0 Å². The summed E-state index contributed by atoms with van der Waals surface area (Å²) in [4.78, 5) is 21.7. The standard InChI is InChI=1S/C24H32N4O2S/c1-13-8-10-17(11-9-13)21-20-14(2)15(3)31-23(20)28-16(4)26-27-22(28)18(25-21)12-19(29)30-24(5,6)7/h8-11,18,20,22-23,27H,12H2,1-7H3/t18-,20?,22?,23?/m0/s1. The minimum absolute atomic E-state index is 0.142. The van der Waals surface area contributed by atoms with Crippen LogP contribution in [0.4, 0.5) is 0 Å². The van der Waals surface area contributed by atoms with E-state index >= 15 is 0 Å². The van der Waals surface area contributed by atoms with Gasteiger partial charge >= 0.3 is 5.97 Å². The molecule has 7 heteroatoms. The summed E-state index contributed by atoms with van der Waals surface area (Å²) in [6.45, 7) is 14.2. The van der Waals surface area contributed by atoms with Gasteiger partial charge in [0.2, 0.25) is 0 Å². The number of nitrogens with zero attached hydrogens (tertiary/aromatic N) is 3. The van der Waals surface area contributed by atoms with Crippen LogP contribution in [0.1, 0.15) is 59.1 Å². The predicted octanol–water partition coefficient (Wildman–Crippen LogP) is 4.45. The van der Waals surface area contributed by atoms with Crippen molar-refractivity contribution in [3.63, 3.8) is 0 Å². The normalized spacial score (nSPS) is 27.8. The van der Waals surface area contributed by atoms with Gasteiger partial charge in [0.05, 0.1) is 23.4 Å². The highest BCUT2D eigenvalue weighted by Gasteiger charge is 2.49. The number of benzene rings is 1. The van der Waals surface area contributed by atoms with Crippen molar-refractivity contribution >= 4 is 29.3 Å². The Bertz CT molecular complexity index is 974. The highest BCUT2D eigenvalue weighted by atomic mass is 32.2. The molecule has 0 fully saturated rings. The number of esters is 1. The van der Waals surface area contributed by atoms with E-state index in [-0.39, 0.29) is 35.9 Å². The van der Waals surface area contributed by atoms with Crippen LogP contribution < -0.4 is 5.43 Å². The summed E-state index contributed by atoms with van der Waals surface area (Å²) < 4.78 is 5.64. The van der Waals surface area contributed by atoms with Gasteiger partial charge in [-0.1, -0.05) is 35.4 Å². The van der Waals surface area contributed by atoms with Crippen molar-refractivity contribution in [1.82, 2.24) is 10.3 Å². The molecule has 166 valence electrons. The summed E-state index contributed by atoms with van der Waals surface area (Å²) in [5.41, 5.74) is 7.45. The van der Waals surface area contributed by atoms with Gasteiger partial charge in [0, 0.05) is 0 Å². The van der Waals surface area contributed by atoms with Crippen molar-refractivity contribution in [2.45, 2.75) is 78.1 Å². The Morgan fingerprint density at radius 1 is 1.16 bits per heavy atom. The van der Waals surface area contributed by atoms with Crippen molar-refractivity contribution in [1.29, 1.82) is 0 Å². The van der Waals surface area contributed by atoms with E-state index in [4.69, 9.17) is 9.73 Å². The Morgan fingerprint density at radius 2 is 1.84 bits per heavy atom. The molecule has 4 atom stereocenters. The number of carbonyl (C=O) groups excluding carboxylic acids is 1. The van der Waals surface area contributed by atoms with Gasteiger partial charge in [-0.25, -0.2) is 0 Å². The average molecular weight is 441 g/mol. The summed E-state index contributed by atoms with van der Waals surface area (Å²) in [6, 6.07) is 8.24. The van der Waals surface area contributed by atoms with Gasteiger partial charge in [0.1, 0.15) is 23.6 Å². The number of ether oxygens (including phenoxy) is 1. The van der Waals surface area contributed by atoms with Crippen LogP contribution in [0, 0.1) is 12.8 Å². The predicted molar refractivity (Wildman–Crippen MR) is 127 cm³/mol. The summed E-state index contributed by atoms with van der Waals surface area (Å²) in [5.74, 6) is 0.840. The number of aryl methyl sites for hydroxylation is 1. The van der Waals surface area contributed by atoms with Crippen molar-refractivity contribution in [2.24, 2.45) is 16.0 Å². The number of thioether (sulfide) groups is 1. The zero-order valence-electron chi connectivity index (χ0n) is 19.4. The number of nitrogens with one attached hydrogen (secondary N) is 1. The second kappa shape index (κ2) is 8.01. The number of carbonyl (C=O) groups is 1. The molecule has 0 bridgehead atoms. The molecule has 4 rings (SSSR count). The number of hydrazone groups is 1. The molecular formula is C24H32N4O2S. The zero-order valence-corrected chi connectivity index (χ0v) is 20.2. The van der Waals surface area contributed by atoms with Crippen LogP contribution in [0.25, 0.3) is 0 Å². The Labute approximate surface area is 189 Å². The summed E-state index contributed by atoms with van der Waals surface area (Å²) >= 11 is 1.87. The first-order valence-electron chi connectivity index (χ1n) is 10.8. The van der Waals surface area contributed by atoms with E-state index in [2.05, 4.69) is 60.5 Å². The molecule has 6 nitrogen and oxygen atoms in total. The van der Waals surface area contributed by atoms with Crippen LogP contribution >= 0.6 is 11.8 Å². The zero-order chi connectivity index (χ0) is 22.5. The molecule has 0 radical (unpaired) electrons. The molecule has 1 aromatic rings. The smallest absolute Gasteiger partial charge is 0.308 e. The van der Waals surface area contributed by atoms with E-state index in [1.165, 1.54) is 16.0 Å². The Morgan fingerprint density at radius 3 is 2.48 bits per heavy atom. The van der Waals surface area contributed by atoms with Crippen LogP contribution in [-0.2, 0) is 9.53 Å². The lowest BCUT2D eigenvalue weighted by Gasteiger charge is -2.34. The van der Waals surface area contributed by atoms with E-state index in [9.17, 15) is 4.79 Å². The first-order valence-corrected chi connectivity index (χ1v) is 11.7. The summed E-state index contributed by atoms with van der Waals surface area (Å²) in [7, 11) is 0. The Hall–Kier alpha value is -2.28. The van der Waals surface area contributed by atoms with Crippen LogP contribution in [0.5, 0.6) is 0 Å². The summed E-state index contributed by atoms with van der Waals surface area (Å²) in [5, 5.41) is 4.67. The first-order chi connectivity index (χ1) is 14.5. The molecule has 0 spiro atoms. The largest absolute Gasteiger partial charge is 0.460 e. The van der Waals surface area contributed by atoms with Crippen LogP contribution in [0.15, 0.2) is 44.8 Å². The second-order valence-electron chi connectivity index (χ2n) is 9.60. The second-order valence-corrected chi connectivity index (χ2v) is 10.9. The maximum absolute atomic E-state index is 12.8. The lowest BCUT2D eigenvalue weighted by Crippen LogP contribution is -2.51. The summed E-state index contributed by atoms with van der Waals surface area (Å²) in [6.07, 6.45) is 0.0318. The van der Waals surface area contributed by atoms with E-state index in [0.29, 0.717) is 0 Å². The number of hydrogen-bond acceptors (Lipinski definition) is 7. The molecule has 0 saturated heterocycles. The number of fused-ring (bicyclic) bond motifs is 3. The Balaban J connectivity index is 1.79. The van der Waals surface area contributed by atoms with E-state index < -0.39 is 5.60 Å². The molecule has 0 aliphatic carbocycles. The molecule has 3 heterocycles. The third-order valence-electron chi connectivity index (χ3n) is 6.02. The van der Waals surface area contributed by atoms with Gasteiger partial charge < -0.3 is 9.64 Å². The van der Waals surface area contributed by atoms with E-state index in [0.717, 1.165) is 17.1 Å². The molecular weight excluding hydrogens is 408 g/mol. The number of rotatable bonds is 3. The lowest BCUT2D eigenvalue weighted by atomic mass is 9.89. The molecule has 1 N–H and O–H groups in total. The minimum atomic E-state index is -0.524.